The van der Waals surface area contributed by atoms with Gasteiger partial charge in [-0.15, -0.1) is 0 Å². The standard InChI is InChI=1S/C9H16N2O4/c1-9(7(12)15-2)3-6(10)4-11(5-9)8(13)14/h6H,3-5,10H2,1-2H3,(H,13,14). The Kier molecular flexibility index (Phi) is 3.18. The van der Waals surface area contributed by atoms with Gasteiger partial charge in [0.25, 0.3) is 0 Å². The van der Waals surface area contributed by atoms with Crippen LogP contribution in [0.3, 0.4) is 0 Å². The molecule has 0 aliphatic carbocycles. The summed E-state index contributed by atoms with van der Waals surface area (Å²) in [7, 11) is 1.29. The molecule has 86 valence electrons. The van der Waals surface area contributed by atoms with Gasteiger partial charge in [-0.1, -0.05) is 0 Å². The lowest BCUT2D eigenvalue weighted by molar-refractivity contribution is -0.154. The SMILES string of the molecule is COC(=O)C1(C)CC(N)CN(C(=O)O)C1. The molecule has 1 rings (SSSR count). The lowest BCUT2D eigenvalue weighted by Gasteiger charge is -2.39. The van der Waals surface area contributed by atoms with E-state index in [0.717, 1.165) is 4.90 Å². The van der Waals surface area contributed by atoms with Crippen LogP contribution in [0.5, 0.6) is 0 Å². The number of carbonyl (C=O) groups excluding carboxylic acids is 1. The maximum atomic E-state index is 11.5. The minimum atomic E-state index is -1.06. The average Bonchev–Trinajstić information content (AvgIpc) is 2.15. The molecule has 0 radical (unpaired) electrons. The van der Waals surface area contributed by atoms with E-state index in [2.05, 4.69) is 4.74 Å². The Bertz CT molecular complexity index is 281. The molecule has 2 unspecified atom stereocenters. The summed E-state index contributed by atoms with van der Waals surface area (Å²) >= 11 is 0. The molecule has 0 aromatic rings. The number of ether oxygens (including phenoxy) is 1. The highest BCUT2D eigenvalue weighted by molar-refractivity contribution is 5.78. The van der Waals surface area contributed by atoms with Crippen molar-refractivity contribution in [1.82, 2.24) is 4.90 Å². The van der Waals surface area contributed by atoms with E-state index in [1.807, 2.05) is 0 Å². The Balaban J connectivity index is 2.82. The summed E-state index contributed by atoms with van der Waals surface area (Å²) < 4.78 is 4.66. The molecule has 1 heterocycles. The Hall–Kier alpha value is -1.30. The third-order valence-electron chi connectivity index (χ3n) is 2.66. The third-order valence-corrected chi connectivity index (χ3v) is 2.66. The van der Waals surface area contributed by atoms with Crippen LogP contribution in [0.2, 0.25) is 0 Å². The lowest BCUT2D eigenvalue weighted by atomic mass is 9.80. The van der Waals surface area contributed by atoms with Gasteiger partial charge < -0.3 is 20.5 Å². The summed E-state index contributed by atoms with van der Waals surface area (Å²) in [6.45, 7) is 2.08. The van der Waals surface area contributed by atoms with Crippen LogP contribution in [-0.4, -0.2) is 48.3 Å². The van der Waals surface area contributed by atoms with Gasteiger partial charge in [0.2, 0.25) is 0 Å². The zero-order valence-corrected chi connectivity index (χ0v) is 8.90. The summed E-state index contributed by atoms with van der Waals surface area (Å²) in [4.78, 5) is 23.5. The predicted octanol–water partition coefficient (Wildman–Crippen LogP) is -0.123. The molecule has 1 fully saturated rings. The van der Waals surface area contributed by atoms with Gasteiger partial charge in [-0.05, 0) is 13.3 Å². The molecule has 1 saturated heterocycles. The number of hydrogen-bond acceptors (Lipinski definition) is 4. The van der Waals surface area contributed by atoms with Crippen LogP contribution in [0, 0.1) is 5.41 Å². The first-order chi connectivity index (χ1) is 6.89. The fourth-order valence-corrected chi connectivity index (χ4v) is 2.02. The summed E-state index contributed by atoms with van der Waals surface area (Å²) in [5.74, 6) is -0.413. The fraction of sp³-hybridized carbons (Fsp3) is 0.778. The van der Waals surface area contributed by atoms with Gasteiger partial charge in [-0.3, -0.25) is 4.79 Å². The third kappa shape index (κ3) is 2.38. The number of carboxylic acid groups (broad SMARTS) is 1. The van der Waals surface area contributed by atoms with Crippen molar-refractivity contribution in [2.24, 2.45) is 11.1 Å². The number of rotatable bonds is 1. The van der Waals surface area contributed by atoms with Crippen molar-refractivity contribution in [3.8, 4) is 0 Å². The molecule has 6 nitrogen and oxygen atoms in total. The minimum absolute atomic E-state index is 0.142. The number of amides is 1. The van der Waals surface area contributed by atoms with Crippen molar-refractivity contribution in [2.45, 2.75) is 19.4 Å². The molecule has 0 aromatic heterocycles. The van der Waals surface area contributed by atoms with Crippen LogP contribution in [0.25, 0.3) is 0 Å². The number of nitrogens with two attached hydrogens (primary N) is 1. The monoisotopic (exact) mass is 216 g/mol. The van der Waals surface area contributed by atoms with E-state index < -0.39 is 17.5 Å². The maximum absolute atomic E-state index is 11.5. The normalized spacial score (nSPS) is 31.1. The van der Waals surface area contributed by atoms with Crippen LogP contribution < -0.4 is 5.73 Å². The summed E-state index contributed by atoms with van der Waals surface area (Å²) in [5.41, 5.74) is 4.89. The molecule has 0 spiro atoms. The van der Waals surface area contributed by atoms with Crippen LogP contribution in [0.15, 0.2) is 0 Å². The molecular formula is C9H16N2O4. The number of piperidine rings is 1. The Morgan fingerprint density at radius 2 is 2.20 bits per heavy atom. The highest BCUT2D eigenvalue weighted by Gasteiger charge is 2.43. The zero-order chi connectivity index (χ0) is 11.6. The van der Waals surface area contributed by atoms with Gasteiger partial charge in [-0.25, -0.2) is 4.79 Å². The van der Waals surface area contributed by atoms with Crippen molar-refractivity contribution < 1.29 is 19.4 Å². The predicted molar refractivity (Wildman–Crippen MR) is 52.3 cm³/mol. The van der Waals surface area contributed by atoms with E-state index in [9.17, 15) is 9.59 Å². The number of nitrogens with zero attached hydrogens (tertiary/aromatic N) is 1. The number of hydrogen-bond donors (Lipinski definition) is 2. The van der Waals surface area contributed by atoms with Gasteiger partial charge in [0.1, 0.15) is 0 Å². The number of likely N-dealkylation sites (tertiary alicyclic amines) is 1. The van der Waals surface area contributed by atoms with Gasteiger partial charge in [0.15, 0.2) is 0 Å². The minimum Gasteiger partial charge on any atom is -0.469 e. The second kappa shape index (κ2) is 4.06. The van der Waals surface area contributed by atoms with Gasteiger partial charge in [-0.2, -0.15) is 0 Å². The molecule has 0 bridgehead atoms. The number of esters is 1. The van der Waals surface area contributed by atoms with Crippen LogP contribution >= 0.6 is 0 Å². The van der Waals surface area contributed by atoms with Crippen LogP contribution in [-0.2, 0) is 9.53 Å². The van der Waals surface area contributed by atoms with Crippen LogP contribution in [0.1, 0.15) is 13.3 Å². The van der Waals surface area contributed by atoms with Crippen molar-refractivity contribution in [1.29, 1.82) is 0 Å². The largest absolute Gasteiger partial charge is 0.469 e. The summed E-state index contributed by atoms with van der Waals surface area (Å²) in [6.07, 6.45) is -0.607. The Labute approximate surface area is 88.0 Å². The maximum Gasteiger partial charge on any atom is 0.407 e. The van der Waals surface area contributed by atoms with E-state index >= 15 is 0 Å². The highest BCUT2D eigenvalue weighted by Crippen LogP contribution is 2.30. The molecule has 0 aromatic carbocycles. The Morgan fingerprint density at radius 3 is 2.67 bits per heavy atom. The van der Waals surface area contributed by atoms with Crippen molar-refractivity contribution in [2.75, 3.05) is 20.2 Å². The van der Waals surface area contributed by atoms with E-state index in [0.29, 0.717) is 6.42 Å². The van der Waals surface area contributed by atoms with Crippen LogP contribution in [0.4, 0.5) is 4.79 Å². The second-order valence-electron chi connectivity index (χ2n) is 4.18. The lowest BCUT2D eigenvalue weighted by Crippen LogP contribution is -2.55. The molecule has 15 heavy (non-hydrogen) atoms. The van der Waals surface area contributed by atoms with Gasteiger partial charge in [0.05, 0.1) is 12.5 Å². The van der Waals surface area contributed by atoms with Gasteiger partial charge >= 0.3 is 12.1 Å². The first-order valence-electron chi connectivity index (χ1n) is 4.71. The Morgan fingerprint density at radius 1 is 1.60 bits per heavy atom. The van der Waals surface area contributed by atoms with Gasteiger partial charge in [0, 0.05) is 19.1 Å². The molecular weight excluding hydrogens is 200 g/mol. The molecule has 1 amide bonds. The number of carbonyl (C=O) groups is 2. The van der Waals surface area contributed by atoms with E-state index in [-0.39, 0.29) is 19.1 Å². The fourth-order valence-electron chi connectivity index (χ4n) is 2.02. The van der Waals surface area contributed by atoms with Crippen molar-refractivity contribution in [3.63, 3.8) is 0 Å². The molecule has 6 heteroatoms. The first kappa shape index (κ1) is 11.8. The smallest absolute Gasteiger partial charge is 0.407 e. The molecule has 1 aliphatic rings. The summed E-state index contributed by atoms with van der Waals surface area (Å²) in [6, 6.07) is -0.320. The first-order valence-corrected chi connectivity index (χ1v) is 4.71. The van der Waals surface area contributed by atoms with E-state index in [1.165, 1.54) is 7.11 Å². The molecule has 3 N–H and O–H groups in total. The average molecular weight is 216 g/mol. The van der Waals surface area contributed by atoms with E-state index in [4.69, 9.17) is 10.8 Å². The zero-order valence-electron chi connectivity index (χ0n) is 8.90. The quantitative estimate of drug-likeness (QED) is 0.596. The molecule has 2 atom stereocenters. The van der Waals surface area contributed by atoms with Crippen molar-refractivity contribution >= 4 is 12.1 Å². The molecule has 1 aliphatic heterocycles. The topological polar surface area (TPSA) is 92.9 Å². The second-order valence-corrected chi connectivity index (χ2v) is 4.18. The highest BCUT2D eigenvalue weighted by atomic mass is 16.5. The van der Waals surface area contributed by atoms with E-state index in [1.54, 1.807) is 6.92 Å². The number of methoxy groups -OCH3 is 1. The summed E-state index contributed by atoms with van der Waals surface area (Å²) in [5, 5.41) is 8.86. The van der Waals surface area contributed by atoms with Crippen molar-refractivity contribution in [3.05, 3.63) is 0 Å². The molecule has 0 saturated carbocycles.